The van der Waals surface area contributed by atoms with Gasteiger partial charge in [-0.1, -0.05) is 50.3 Å². The Balaban J connectivity index is 1.90. The molecular weight excluding hydrogens is 367 g/mol. The van der Waals surface area contributed by atoms with Crippen LogP contribution in [0, 0.1) is 5.82 Å². The Morgan fingerprint density at radius 1 is 0.963 bits per heavy atom. The van der Waals surface area contributed by atoms with Crippen molar-refractivity contribution in [2.75, 3.05) is 10.6 Å². The third-order valence-electron chi connectivity index (χ3n) is 4.09. The second-order valence-electron chi connectivity index (χ2n) is 6.38. The van der Waals surface area contributed by atoms with E-state index in [0.717, 1.165) is 19.3 Å². The first-order valence-corrected chi connectivity index (χ1v) is 9.53. The minimum absolute atomic E-state index is 0.0608. The molecule has 2 N–H and O–H groups in total. The van der Waals surface area contributed by atoms with E-state index in [1.54, 1.807) is 24.3 Å². The predicted molar refractivity (Wildman–Crippen MR) is 108 cm³/mol. The number of unbranched alkanes of at least 4 members (excludes halogenated alkanes) is 4. The Morgan fingerprint density at radius 3 is 2.44 bits per heavy atom. The molecule has 0 aliphatic rings. The molecule has 0 bridgehead atoms. The van der Waals surface area contributed by atoms with Crippen LogP contribution in [0.4, 0.5) is 15.8 Å². The van der Waals surface area contributed by atoms with Gasteiger partial charge in [-0.05, 0) is 42.8 Å². The van der Waals surface area contributed by atoms with Gasteiger partial charge in [0.05, 0.1) is 5.02 Å². The first-order valence-electron chi connectivity index (χ1n) is 9.16. The fourth-order valence-electron chi connectivity index (χ4n) is 2.63. The molecule has 0 spiro atoms. The summed E-state index contributed by atoms with van der Waals surface area (Å²) < 4.78 is 13.2. The summed E-state index contributed by atoms with van der Waals surface area (Å²) in [6.45, 7) is 2.15. The Bertz CT molecular complexity index is 796. The number of carbonyl (C=O) groups is 2. The van der Waals surface area contributed by atoms with E-state index in [2.05, 4.69) is 17.6 Å². The first-order chi connectivity index (χ1) is 13.0. The van der Waals surface area contributed by atoms with Crippen molar-refractivity contribution in [1.29, 1.82) is 0 Å². The van der Waals surface area contributed by atoms with Crippen LogP contribution in [-0.2, 0) is 4.79 Å². The average molecular weight is 391 g/mol. The van der Waals surface area contributed by atoms with Crippen molar-refractivity contribution in [1.82, 2.24) is 0 Å². The molecule has 2 rings (SSSR count). The van der Waals surface area contributed by atoms with Crippen LogP contribution in [0.5, 0.6) is 0 Å². The third kappa shape index (κ3) is 7.02. The van der Waals surface area contributed by atoms with Crippen LogP contribution in [0.3, 0.4) is 0 Å². The third-order valence-corrected chi connectivity index (χ3v) is 4.38. The van der Waals surface area contributed by atoms with Crippen LogP contribution in [0.2, 0.25) is 5.02 Å². The summed E-state index contributed by atoms with van der Waals surface area (Å²) in [5.41, 5.74) is 1.35. The first kappa shape index (κ1) is 20.9. The molecule has 0 atom stereocenters. The highest BCUT2D eigenvalue weighted by molar-refractivity contribution is 6.31. The maximum absolute atomic E-state index is 13.2. The molecule has 2 amide bonds. The van der Waals surface area contributed by atoms with Gasteiger partial charge in [-0.2, -0.15) is 0 Å². The highest BCUT2D eigenvalue weighted by Crippen LogP contribution is 2.20. The smallest absolute Gasteiger partial charge is 0.255 e. The highest BCUT2D eigenvalue weighted by Gasteiger charge is 2.10. The van der Waals surface area contributed by atoms with E-state index in [0.29, 0.717) is 23.4 Å². The lowest BCUT2D eigenvalue weighted by Gasteiger charge is -2.09. The lowest BCUT2D eigenvalue weighted by Crippen LogP contribution is -2.14. The normalized spacial score (nSPS) is 10.5. The van der Waals surface area contributed by atoms with Crippen molar-refractivity contribution in [3.8, 4) is 0 Å². The number of carbonyl (C=O) groups excluding carboxylic acids is 2. The summed E-state index contributed by atoms with van der Waals surface area (Å²) in [5, 5.41) is 5.41. The van der Waals surface area contributed by atoms with Crippen LogP contribution in [0.15, 0.2) is 42.5 Å². The van der Waals surface area contributed by atoms with Gasteiger partial charge in [0.15, 0.2) is 0 Å². The number of nitrogens with one attached hydrogen (secondary N) is 2. The van der Waals surface area contributed by atoms with E-state index in [4.69, 9.17) is 11.6 Å². The zero-order chi connectivity index (χ0) is 19.6. The molecule has 0 unspecified atom stereocenters. The van der Waals surface area contributed by atoms with Crippen molar-refractivity contribution >= 4 is 34.8 Å². The summed E-state index contributed by atoms with van der Waals surface area (Å²) >= 11 is 5.72. The molecule has 6 heteroatoms. The zero-order valence-corrected chi connectivity index (χ0v) is 16.1. The number of hydrogen-bond donors (Lipinski definition) is 2. The summed E-state index contributed by atoms with van der Waals surface area (Å²) in [4.78, 5) is 24.4. The zero-order valence-electron chi connectivity index (χ0n) is 15.4. The molecule has 0 aliphatic heterocycles. The molecule has 0 heterocycles. The van der Waals surface area contributed by atoms with E-state index >= 15 is 0 Å². The van der Waals surface area contributed by atoms with Gasteiger partial charge in [0.2, 0.25) is 5.91 Å². The van der Waals surface area contributed by atoms with Gasteiger partial charge in [-0.25, -0.2) is 4.39 Å². The number of benzene rings is 2. The van der Waals surface area contributed by atoms with E-state index in [1.807, 2.05) is 0 Å². The second kappa shape index (κ2) is 10.7. The Kier molecular flexibility index (Phi) is 8.27. The van der Waals surface area contributed by atoms with Gasteiger partial charge in [0, 0.05) is 23.4 Å². The molecule has 144 valence electrons. The number of hydrogen-bond acceptors (Lipinski definition) is 2. The Morgan fingerprint density at radius 2 is 1.70 bits per heavy atom. The van der Waals surface area contributed by atoms with Crippen molar-refractivity contribution in [2.24, 2.45) is 0 Å². The average Bonchev–Trinajstić information content (AvgIpc) is 2.65. The predicted octanol–water partition coefficient (Wildman–Crippen LogP) is 6.03. The second-order valence-corrected chi connectivity index (χ2v) is 6.78. The van der Waals surface area contributed by atoms with Crippen molar-refractivity contribution < 1.29 is 14.0 Å². The SMILES string of the molecule is CCCCCCCC(=O)Nc1cccc(C(=O)Nc2ccc(F)c(Cl)c2)c1. The molecule has 0 aliphatic carbocycles. The van der Waals surface area contributed by atoms with Gasteiger partial charge in [0.25, 0.3) is 5.91 Å². The van der Waals surface area contributed by atoms with Crippen LogP contribution >= 0.6 is 11.6 Å². The van der Waals surface area contributed by atoms with Gasteiger partial charge in [-0.3, -0.25) is 9.59 Å². The van der Waals surface area contributed by atoms with Crippen molar-refractivity contribution in [2.45, 2.75) is 45.4 Å². The quantitative estimate of drug-likeness (QED) is 0.513. The van der Waals surface area contributed by atoms with Gasteiger partial charge >= 0.3 is 0 Å². The topological polar surface area (TPSA) is 58.2 Å². The summed E-state index contributed by atoms with van der Waals surface area (Å²) in [6, 6.07) is 10.7. The number of amides is 2. The largest absolute Gasteiger partial charge is 0.326 e. The lowest BCUT2D eigenvalue weighted by atomic mass is 10.1. The number of halogens is 2. The summed E-state index contributed by atoms with van der Waals surface area (Å²) in [7, 11) is 0. The maximum Gasteiger partial charge on any atom is 0.255 e. The fourth-order valence-corrected chi connectivity index (χ4v) is 2.81. The molecule has 0 saturated carbocycles. The molecule has 27 heavy (non-hydrogen) atoms. The standard InChI is InChI=1S/C21H24ClFN2O2/c1-2-3-4-5-6-10-20(26)24-16-9-7-8-15(13-16)21(27)25-17-11-12-19(23)18(22)14-17/h7-9,11-14H,2-6,10H2,1H3,(H,24,26)(H,25,27). The minimum Gasteiger partial charge on any atom is -0.326 e. The van der Waals surface area contributed by atoms with E-state index < -0.39 is 5.82 Å². The molecule has 2 aromatic rings. The summed E-state index contributed by atoms with van der Waals surface area (Å²) in [5.74, 6) is -0.975. The molecule has 2 aromatic carbocycles. The monoisotopic (exact) mass is 390 g/mol. The van der Waals surface area contributed by atoms with E-state index in [1.165, 1.54) is 31.0 Å². The van der Waals surface area contributed by atoms with Gasteiger partial charge in [0.1, 0.15) is 5.82 Å². The number of anilines is 2. The van der Waals surface area contributed by atoms with Gasteiger partial charge in [-0.15, -0.1) is 0 Å². The van der Waals surface area contributed by atoms with Gasteiger partial charge < -0.3 is 10.6 Å². The van der Waals surface area contributed by atoms with Crippen LogP contribution < -0.4 is 10.6 Å². The maximum atomic E-state index is 13.2. The Hall–Kier alpha value is -2.40. The summed E-state index contributed by atoms with van der Waals surface area (Å²) in [6.07, 6.45) is 5.88. The fraction of sp³-hybridized carbons (Fsp3) is 0.333. The van der Waals surface area contributed by atoms with Crippen molar-refractivity contribution in [3.63, 3.8) is 0 Å². The van der Waals surface area contributed by atoms with Crippen LogP contribution in [0.25, 0.3) is 0 Å². The molecule has 0 radical (unpaired) electrons. The molecule has 0 saturated heterocycles. The minimum atomic E-state index is -0.547. The Labute approximate surface area is 164 Å². The van der Waals surface area contributed by atoms with E-state index in [9.17, 15) is 14.0 Å². The molecule has 4 nitrogen and oxygen atoms in total. The highest BCUT2D eigenvalue weighted by atomic mass is 35.5. The number of rotatable bonds is 9. The van der Waals surface area contributed by atoms with Crippen LogP contribution in [-0.4, -0.2) is 11.8 Å². The van der Waals surface area contributed by atoms with Crippen LogP contribution in [0.1, 0.15) is 55.8 Å². The van der Waals surface area contributed by atoms with E-state index in [-0.39, 0.29) is 16.8 Å². The molecular formula is C21H24ClFN2O2. The molecule has 0 aromatic heterocycles. The molecule has 0 fully saturated rings. The lowest BCUT2D eigenvalue weighted by molar-refractivity contribution is -0.116. The van der Waals surface area contributed by atoms with Crippen molar-refractivity contribution in [3.05, 3.63) is 58.9 Å².